The summed E-state index contributed by atoms with van der Waals surface area (Å²) < 4.78 is 4.92. The molecule has 3 heterocycles. The number of para-hydroxylation sites is 1. The SMILES string of the molecule is c1ccc(-c2nc(-c3ccc4ccccc4c3)nc(-c3ccc(-n4c5cc6c(cc5c5c(-c7ccccc7)cccc54)c4c5ccccc5ccc4n6-c4ccccc4)c4ccccc34)n2)cc1. The number of hydrogen-bond acceptors (Lipinski definition) is 3. The molecule has 11 aromatic carbocycles. The lowest BCUT2D eigenvalue weighted by molar-refractivity contribution is 1.08. The van der Waals surface area contributed by atoms with Crippen molar-refractivity contribution in [1.82, 2.24) is 24.1 Å². The maximum atomic E-state index is 5.28. The fourth-order valence-corrected chi connectivity index (χ4v) is 10.7. The molecule has 5 nitrogen and oxygen atoms in total. The summed E-state index contributed by atoms with van der Waals surface area (Å²) in [5.41, 5.74) is 12.0. The lowest BCUT2D eigenvalue weighted by Gasteiger charge is -2.15. The number of fused-ring (bicyclic) bond motifs is 10. The van der Waals surface area contributed by atoms with Gasteiger partial charge in [0.2, 0.25) is 0 Å². The molecule has 0 saturated heterocycles. The molecular formula is C63H39N5. The first-order chi connectivity index (χ1) is 33.7. The topological polar surface area (TPSA) is 48.5 Å². The molecule has 0 aliphatic heterocycles. The van der Waals surface area contributed by atoms with Crippen molar-refractivity contribution in [2.45, 2.75) is 0 Å². The van der Waals surface area contributed by atoms with Crippen LogP contribution in [-0.2, 0) is 0 Å². The van der Waals surface area contributed by atoms with E-state index in [0.717, 1.165) is 60.8 Å². The van der Waals surface area contributed by atoms with Gasteiger partial charge in [0.15, 0.2) is 17.5 Å². The molecule has 68 heavy (non-hydrogen) atoms. The second-order valence-corrected chi connectivity index (χ2v) is 17.6. The van der Waals surface area contributed by atoms with Gasteiger partial charge in [0.25, 0.3) is 0 Å². The summed E-state index contributed by atoms with van der Waals surface area (Å²) in [5, 5.41) is 11.8. The summed E-state index contributed by atoms with van der Waals surface area (Å²) >= 11 is 0. The highest BCUT2D eigenvalue weighted by Crippen LogP contribution is 2.45. The Bertz CT molecular complexity index is 4300. The van der Waals surface area contributed by atoms with Crippen LogP contribution in [0.4, 0.5) is 0 Å². The molecule has 0 atom stereocenters. The molecule has 0 N–H and O–H groups in total. The summed E-state index contributed by atoms with van der Waals surface area (Å²) in [5.74, 6) is 1.89. The Morgan fingerprint density at radius 1 is 0.265 bits per heavy atom. The molecule has 3 aromatic heterocycles. The predicted molar refractivity (Wildman–Crippen MR) is 283 cm³/mol. The van der Waals surface area contributed by atoms with Crippen molar-refractivity contribution >= 4 is 75.9 Å². The molecule has 0 radical (unpaired) electrons. The van der Waals surface area contributed by atoms with Crippen molar-refractivity contribution < 1.29 is 0 Å². The molecule has 14 rings (SSSR count). The highest BCUT2D eigenvalue weighted by molar-refractivity contribution is 6.27. The highest BCUT2D eigenvalue weighted by atomic mass is 15.0. The van der Waals surface area contributed by atoms with E-state index in [1.807, 2.05) is 18.2 Å². The normalized spacial score (nSPS) is 11.8. The number of aromatic nitrogens is 5. The van der Waals surface area contributed by atoms with Gasteiger partial charge in [0.05, 0.1) is 27.8 Å². The smallest absolute Gasteiger partial charge is 0.164 e. The maximum Gasteiger partial charge on any atom is 0.164 e. The van der Waals surface area contributed by atoms with Crippen LogP contribution in [0.5, 0.6) is 0 Å². The van der Waals surface area contributed by atoms with E-state index >= 15 is 0 Å². The van der Waals surface area contributed by atoms with Crippen molar-refractivity contribution in [3.05, 3.63) is 237 Å². The second-order valence-electron chi connectivity index (χ2n) is 17.6. The molecule has 0 spiro atoms. The fraction of sp³-hybridized carbons (Fsp3) is 0. The molecule has 0 aliphatic rings. The fourth-order valence-electron chi connectivity index (χ4n) is 10.7. The monoisotopic (exact) mass is 865 g/mol. The molecule has 0 bridgehead atoms. The Morgan fingerprint density at radius 3 is 1.65 bits per heavy atom. The Kier molecular flexibility index (Phi) is 8.52. The zero-order chi connectivity index (χ0) is 44.7. The summed E-state index contributed by atoms with van der Waals surface area (Å²) in [6.07, 6.45) is 0. The van der Waals surface area contributed by atoms with Crippen LogP contribution in [-0.4, -0.2) is 24.1 Å². The van der Waals surface area contributed by atoms with Crippen LogP contribution in [0.15, 0.2) is 237 Å². The van der Waals surface area contributed by atoms with Crippen molar-refractivity contribution in [2.75, 3.05) is 0 Å². The van der Waals surface area contributed by atoms with Gasteiger partial charge in [-0.2, -0.15) is 0 Å². The van der Waals surface area contributed by atoms with E-state index in [2.05, 4.69) is 228 Å². The minimum absolute atomic E-state index is 0.625. The van der Waals surface area contributed by atoms with Crippen LogP contribution in [0.2, 0.25) is 0 Å². The molecule has 5 heteroatoms. The average molecular weight is 866 g/mol. The molecule has 0 saturated carbocycles. The largest absolute Gasteiger partial charge is 0.309 e. The molecule has 316 valence electrons. The van der Waals surface area contributed by atoms with E-state index in [4.69, 9.17) is 15.0 Å². The number of hydrogen-bond donors (Lipinski definition) is 0. The quantitative estimate of drug-likeness (QED) is 0.167. The number of benzene rings is 11. The molecule has 14 aromatic rings. The lowest BCUT2D eigenvalue weighted by Crippen LogP contribution is -2.02. The minimum Gasteiger partial charge on any atom is -0.309 e. The van der Waals surface area contributed by atoms with Gasteiger partial charge in [-0.3, -0.25) is 0 Å². The third-order valence-corrected chi connectivity index (χ3v) is 13.7. The number of rotatable bonds is 6. The standard InChI is InChI=1S/C63H39N5/c1-4-18-41(19-5-1)48-29-16-30-55-59(48)53-38-52-57(67(46-24-8-3-9-25-46)56-35-33-42-20-12-13-26-47(42)60(52)56)39-58(53)68(55)54-36-34-51(49-27-14-15-28-50(49)54)63-65-61(43-21-6-2-7-22-43)64-62(66-63)45-32-31-40-17-10-11-23-44(40)37-45/h1-39H. The first-order valence-corrected chi connectivity index (χ1v) is 23.1. The average Bonchev–Trinajstić information content (AvgIpc) is 3.92. The zero-order valence-electron chi connectivity index (χ0n) is 36.8. The van der Waals surface area contributed by atoms with E-state index in [0.29, 0.717) is 17.5 Å². The number of nitrogens with zero attached hydrogens (tertiary/aromatic N) is 5. The van der Waals surface area contributed by atoms with Crippen molar-refractivity contribution in [3.8, 4) is 56.7 Å². The van der Waals surface area contributed by atoms with Crippen molar-refractivity contribution in [3.63, 3.8) is 0 Å². The van der Waals surface area contributed by atoms with E-state index in [1.54, 1.807) is 0 Å². The van der Waals surface area contributed by atoms with Crippen LogP contribution in [0, 0.1) is 0 Å². The van der Waals surface area contributed by atoms with Gasteiger partial charge in [0.1, 0.15) is 0 Å². The second kappa shape index (κ2) is 15.2. The van der Waals surface area contributed by atoms with Gasteiger partial charge in [-0.05, 0) is 92.7 Å². The van der Waals surface area contributed by atoms with Crippen LogP contribution in [0.1, 0.15) is 0 Å². The molecule has 0 aliphatic carbocycles. The van der Waals surface area contributed by atoms with Gasteiger partial charge in [-0.15, -0.1) is 0 Å². The first kappa shape index (κ1) is 38.1. The van der Waals surface area contributed by atoms with Gasteiger partial charge in [-0.25, -0.2) is 15.0 Å². The van der Waals surface area contributed by atoms with Gasteiger partial charge in [-0.1, -0.05) is 182 Å². The summed E-state index contributed by atoms with van der Waals surface area (Å²) in [6, 6.07) is 84.7. The minimum atomic E-state index is 0.625. The third-order valence-electron chi connectivity index (χ3n) is 13.7. The Balaban J connectivity index is 1.07. The van der Waals surface area contributed by atoms with E-state index in [9.17, 15) is 0 Å². The van der Waals surface area contributed by atoms with Crippen LogP contribution >= 0.6 is 0 Å². The van der Waals surface area contributed by atoms with E-state index in [-0.39, 0.29) is 0 Å². The van der Waals surface area contributed by atoms with Crippen molar-refractivity contribution in [1.29, 1.82) is 0 Å². The van der Waals surface area contributed by atoms with E-state index in [1.165, 1.54) is 54.3 Å². The van der Waals surface area contributed by atoms with Crippen LogP contribution in [0.3, 0.4) is 0 Å². The molecule has 0 fully saturated rings. The van der Waals surface area contributed by atoms with Crippen LogP contribution in [0.25, 0.3) is 133 Å². The Labute approximate surface area is 391 Å². The van der Waals surface area contributed by atoms with E-state index < -0.39 is 0 Å². The van der Waals surface area contributed by atoms with Gasteiger partial charge >= 0.3 is 0 Å². The molecule has 0 unspecified atom stereocenters. The lowest BCUT2D eigenvalue weighted by atomic mass is 9.98. The Hall–Kier alpha value is -9.19. The molecular weight excluding hydrogens is 827 g/mol. The predicted octanol–water partition coefficient (Wildman–Crippen LogP) is 16.2. The highest BCUT2D eigenvalue weighted by Gasteiger charge is 2.24. The van der Waals surface area contributed by atoms with Gasteiger partial charge < -0.3 is 9.13 Å². The zero-order valence-corrected chi connectivity index (χ0v) is 36.8. The summed E-state index contributed by atoms with van der Waals surface area (Å²) in [6.45, 7) is 0. The van der Waals surface area contributed by atoms with Gasteiger partial charge in [0, 0.05) is 49.3 Å². The molecule has 0 amide bonds. The maximum absolute atomic E-state index is 5.28. The summed E-state index contributed by atoms with van der Waals surface area (Å²) in [7, 11) is 0. The third kappa shape index (κ3) is 5.93. The summed E-state index contributed by atoms with van der Waals surface area (Å²) in [4.78, 5) is 15.6. The van der Waals surface area contributed by atoms with Crippen LogP contribution < -0.4 is 0 Å². The Morgan fingerprint density at radius 2 is 0.853 bits per heavy atom. The van der Waals surface area contributed by atoms with Crippen molar-refractivity contribution in [2.24, 2.45) is 0 Å². The first-order valence-electron chi connectivity index (χ1n) is 23.1.